The fraction of sp³-hybridized carbons (Fsp3) is 0.294. The predicted molar refractivity (Wildman–Crippen MR) is 102 cm³/mol. The Morgan fingerprint density at radius 2 is 1.38 bits per heavy atom. The van der Waals surface area contributed by atoms with Crippen molar-refractivity contribution in [2.75, 3.05) is 13.2 Å². The zero-order valence-electron chi connectivity index (χ0n) is 15.7. The molecule has 0 heterocycles. The van der Waals surface area contributed by atoms with Gasteiger partial charge in [0.05, 0.1) is 24.2 Å². The van der Waals surface area contributed by atoms with E-state index < -0.39 is 7.81 Å². The molecule has 0 aliphatic rings. The minimum atomic E-state index is -10.7. The zero-order valence-corrected chi connectivity index (χ0v) is 17.4. The van der Waals surface area contributed by atoms with E-state index in [1.165, 1.54) is 5.56 Å². The molecule has 4 nitrogen and oxygen atoms in total. The van der Waals surface area contributed by atoms with Gasteiger partial charge in [-0.15, -0.1) is 0 Å². The second-order valence-corrected chi connectivity index (χ2v) is 8.64. The van der Waals surface area contributed by atoms with E-state index in [2.05, 4.69) is 36.2 Å². The minimum absolute atomic E-state index is 0.374. The summed E-state index contributed by atoms with van der Waals surface area (Å²) in [6.07, 6.45) is 0. The van der Waals surface area contributed by atoms with Crippen LogP contribution in [0.4, 0.5) is 30.9 Å². The van der Waals surface area contributed by atoms with Crippen LogP contribution in [0.3, 0.4) is 0 Å². The van der Waals surface area contributed by atoms with Gasteiger partial charge in [0.25, 0.3) is 0 Å². The van der Waals surface area contributed by atoms with Gasteiger partial charge < -0.3 is 9.47 Å². The number of ether oxygens (including phenoxy) is 2. The SMILES string of the molecule is CCOc1cc(Sc2ccc(C)cc2)c(OCC)cc1[N+]#N.F[P-](F)(F)(F)(F)F. The average molecular weight is 460 g/mol. The number of hydrogen-bond acceptors (Lipinski definition) is 4. The summed E-state index contributed by atoms with van der Waals surface area (Å²) in [6.45, 7) is 6.92. The first kappa shape index (κ1) is 24.9. The van der Waals surface area contributed by atoms with Crippen LogP contribution in [0, 0.1) is 12.3 Å². The molecule has 29 heavy (non-hydrogen) atoms. The van der Waals surface area contributed by atoms with E-state index in [-0.39, 0.29) is 0 Å². The Morgan fingerprint density at radius 1 is 0.897 bits per heavy atom. The molecule has 2 aromatic carbocycles. The summed E-state index contributed by atoms with van der Waals surface area (Å²) in [5.74, 6) is 1.23. The van der Waals surface area contributed by atoms with Crippen molar-refractivity contribution in [2.45, 2.75) is 30.6 Å². The van der Waals surface area contributed by atoms with Crippen LogP contribution in [-0.4, -0.2) is 13.2 Å². The molecule has 0 aliphatic carbocycles. The van der Waals surface area contributed by atoms with Crippen LogP contribution in [0.2, 0.25) is 0 Å². The van der Waals surface area contributed by atoms with Gasteiger partial charge in [-0.1, -0.05) is 29.5 Å². The van der Waals surface area contributed by atoms with Crippen molar-refractivity contribution in [1.29, 1.82) is 5.39 Å². The normalized spacial score (nSPS) is 13.2. The predicted octanol–water partition coefficient (Wildman–Crippen LogP) is 8.81. The fourth-order valence-corrected chi connectivity index (χ4v) is 2.87. The molecule has 0 aliphatic heterocycles. The molecule has 0 spiro atoms. The number of rotatable bonds is 6. The van der Waals surface area contributed by atoms with E-state index in [1.54, 1.807) is 17.8 Å². The van der Waals surface area contributed by atoms with Crippen molar-refractivity contribution in [2.24, 2.45) is 0 Å². The van der Waals surface area contributed by atoms with Gasteiger partial charge in [-0.05, 0) is 32.9 Å². The monoisotopic (exact) mass is 460 g/mol. The van der Waals surface area contributed by atoms with Gasteiger partial charge in [-0.3, -0.25) is 0 Å². The third-order valence-electron chi connectivity index (χ3n) is 2.98. The van der Waals surface area contributed by atoms with E-state index in [9.17, 15) is 25.2 Å². The molecule has 162 valence electrons. The first-order valence-corrected chi connectivity index (χ1v) is 11.1. The van der Waals surface area contributed by atoms with Crippen molar-refractivity contribution in [3.8, 4) is 11.5 Å². The Labute approximate surface area is 168 Å². The van der Waals surface area contributed by atoms with E-state index in [1.807, 2.05) is 19.9 Å². The number of aryl methyl sites for hydroxylation is 1. The Morgan fingerprint density at radius 3 is 1.83 bits per heavy atom. The van der Waals surface area contributed by atoms with Crippen molar-refractivity contribution in [1.82, 2.24) is 0 Å². The molecule has 0 aromatic heterocycles. The van der Waals surface area contributed by atoms with Crippen molar-refractivity contribution in [3.63, 3.8) is 0 Å². The van der Waals surface area contributed by atoms with Gasteiger partial charge in [-0.2, -0.15) is 0 Å². The summed E-state index contributed by atoms with van der Waals surface area (Å²) in [5, 5.41) is 9.13. The van der Waals surface area contributed by atoms with E-state index in [4.69, 9.17) is 14.9 Å². The summed E-state index contributed by atoms with van der Waals surface area (Å²) in [6, 6.07) is 11.8. The van der Waals surface area contributed by atoms with Crippen LogP contribution in [0.25, 0.3) is 4.98 Å². The molecule has 0 amide bonds. The molecule has 0 bridgehead atoms. The quantitative estimate of drug-likeness (QED) is 0.245. The number of hydrogen-bond donors (Lipinski definition) is 0. The first-order valence-electron chi connectivity index (χ1n) is 8.22. The number of halogens is 6. The number of nitrogens with zero attached hydrogens (tertiary/aromatic N) is 2. The van der Waals surface area contributed by atoms with Crippen LogP contribution >= 0.6 is 19.6 Å². The van der Waals surface area contributed by atoms with Gasteiger partial charge in [0.2, 0.25) is 11.1 Å². The molecule has 0 saturated carbocycles. The molecule has 0 saturated heterocycles. The second-order valence-electron chi connectivity index (χ2n) is 5.61. The summed E-state index contributed by atoms with van der Waals surface area (Å²) in [5.41, 5.74) is 1.59. The van der Waals surface area contributed by atoms with E-state index >= 15 is 0 Å². The summed E-state index contributed by atoms with van der Waals surface area (Å²) >= 11 is 1.59. The van der Waals surface area contributed by atoms with Crippen LogP contribution in [0.15, 0.2) is 46.2 Å². The first-order chi connectivity index (χ1) is 13.1. The van der Waals surface area contributed by atoms with Gasteiger partial charge in [-0.25, -0.2) is 0 Å². The second kappa shape index (κ2) is 8.67. The third-order valence-corrected chi connectivity index (χ3v) is 4.03. The molecule has 0 radical (unpaired) electrons. The average Bonchev–Trinajstić information content (AvgIpc) is 2.56. The number of benzene rings is 2. The van der Waals surface area contributed by atoms with Gasteiger partial charge in [0.15, 0.2) is 4.98 Å². The summed E-state index contributed by atoms with van der Waals surface area (Å²) in [4.78, 5) is 5.32. The van der Waals surface area contributed by atoms with Gasteiger partial charge in [0, 0.05) is 11.0 Å². The molecule has 2 aromatic rings. The van der Waals surface area contributed by atoms with Crippen molar-refractivity contribution < 1.29 is 34.7 Å². The standard InChI is InChI=1S/C17H19N2O2S.F6P/c1-4-20-15-11-17(16(21-5-2)10-14(15)19-18)22-13-8-6-12(3)7-9-13;1-7(2,3,4,5)6/h6-11H,4-5H2,1-3H3;/q+1;-1. The molecular formula is C17H19F6N2O2PS. The molecule has 0 atom stereocenters. The van der Waals surface area contributed by atoms with Crippen LogP contribution in [-0.2, 0) is 0 Å². The Bertz CT molecular complexity index is 873. The van der Waals surface area contributed by atoms with E-state index in [0.717, 1.165) is 9.79 Å². The van der Waals surface area contributed by atoms with Gasteiger partial charge in [0.1, 0.15) is 5.75 Å². The third kappa shape index (κ3) is 11.4. The molecule has 0 unspecified atom stereocenters. The van der Waals surface area contributed by atoms with Crippen molar-refractivity contribution in [3.05, 3.63) is 46.9 Å². The van der Waals surface area contributed by atoms with Crippen LogP contribution in [0.1, 0.15) is 19.4 Å². The van der Waals surface area contributed by atoms with Crippen molar-refractivity contribution >= 4 is 25.3 Å². The Kier molecular flexibility index (Phi) is 7.44. The molecule has 12 heteroatoms. The topological polar surface area (TPSA) is 46.6 Å². The molecule has 2 rings (SSSR count). The maximum absolute atomic E-state index is 10.7. The van der Waals surface area contributed by atoms with E-state index in [0.29, 0.717) is 30.4 Å². The van der Waals surface area contributed by atoms with Crippen LogP contribution < -0.4 is 9.47 Å². The van der Waals surface area contributed by atoms with Crippen LogP contribution in [0.5, 0.6) is 11.5 Å². The summed E-state index contributed by atoms with van der Waals surface area (Å²) in [7, 11) is -10.7. The fourth-order valence-electron chi connectivity index (χ4n) is 1.96. The summed E-state index contributed by atoms with van der Waals surface area (Å²) < 4.78 is 70.4. The molecular weight excluding hydrogens is 441 g/mol. The Balaban J connectivity index is 0.000000516. The van der Waals surface area contributed by atoms with Gasteiger partial charge >= 0.3 is 38.7 Å². The molecule has 0 N–H and O–H groups in total. The Hall–Kier alpha value is -2.18. The maximum atomic E-state index is 9.87. The zero-order chi connectivity index (χ0) is 22.4. The molecule has 0 fully saturated rings. The number of diazo groups is 1.